The lowest BCUT2D eigenvalue weighted by Gasteiger charge is -2.28. The third-order valence-electron chi connectivity index (χ3n) is 3.85. The Bertz CT molecular complexity index is 804. The van der Waals surface area contributed by atoms with Crippen molar-refractivity contribution in [3.8, 4) is 0 Å². The first-order chi connectivity index (χ1) is 12.6. The number of hydrogen-bond acceptors (Lipinski definition) is 6. The third-order valence-corrected chi connectivity index (χ3v) is 5.10. The highest BCUT2D eigenvalue weighted by molar-refractivity contribution is 8.03. The number of aliphatic carboxylic acids is 1. The molecule has 0 amide bonds. The lowest BCUT2D eigenvalue weighted by atomic mass is 10.1. The van der Waals surface area contributed by atoms with Crippen molar-refractivity contribution in [3.63, 3.8) is 0 Å². The van der Waals surface area contributed by atoms with Gasteiger partial charge in [0.25, 0.3) is 0 Å². The first kappa shape index (κ1) is 18.2. The fourth-order valence-corrected chi connectivity index (χ4v) is 3.73. The maximum atomic E-state index is 12.9. The molecule has 0 aliphatic carbocycles. The Labute approximate surface area is 154 Å². The van der Waals surface area contributed by atoms with Crippen LogP contribution in [0.3, 0.4) is 0 Å². The van der Waals surface area contributed by atoms with Gasteiger partial charge in [-0.05, 0) is 42.4 Å². The minimum absolute atomic E-state index is 0.245. The molecule has 0 spiro atoms. The minimum Gasteiger partial charge on any atom is -0.478 e. The van der Waals surface area contributed by atoms with E-state index < -0.39 is 5.97 Å². The van der Waals surface area contributed by atoms with Gasteiger partial charge in [-0.2, -0.15) is 0 Å². The molecule has 0 bridgehead atoms. The number of benzene rings is 1. The van der Waals surface area contributed by atoms with Crippen molar-refractivity contribution in [2.75, 3.05) is 12.3 Å². The summed E-state index contributed by atoms with van der Waals surface area (Å²) in [6, 6.07) is 6.44. The Balaban J connectivity index is 1.63. The third kappa shape index (κ3) is 4.72. The number of aryl methyl sites for hydroxylation is 1. The highest BCUT2D eigenvalue weighted by atomic mass is 32.2. The molecule has 8 heteroatoms. The summed E-state index contributed by atoms with van der Waals surface area (Å²) in [5.74, 6) is -0.0190. The molecule has 6 nitrogen and oxygen atoms in total. The normalized spacial score (nSPS) is 14.1. The molecule has 1 aromatic heterocycles. The van der Waals surface area contributed by atoms with Crippen LogP contribution in [0.5, 0.6) is 0 Å². The maximum absolute atomic E-state index is 12.9. The number of thioether (sulfide) groups is 1. The van der Waals surface area contributed by atoms with Gasteiger partial charge < -0.3 is 14.4 Å². The molecule has 136 valence electrons. The number of hydrogen-bond donors (Lipinski definition) is 1. The van der Waals surface area contributed by atoms with Crippen LogP contribution < -0.4 is 0 Å². The number of halogens is 1. The van der Waals surface area contributed by atoms with Crippen LogP contribution in [0, 0.1) is 5.82 Å². The summed E-state index contributed by atoms with van der Waals surface area (Å²) in [6.45, 7) is 0.945. The average molecular weight is 375 g/mol. The van der Waals surface area contributed by atoms with Crippen LogP contribution in [0.4, 0.5) is 4.39 Å². The van der Waals surface area contributed by atoms with Crippen molar-refractivity contribution in [3.05, 3.63) is 70.7 Å². The minimum atomic E-state index is -0.961. The second kappa shape index (κ2) is 8.66. The molecule has 1 aliphatic rings. The van der Waals surface area contributed by atoms with E-state index in [0.29, 0.717) is 24.0 Å². The van der Waals surface area contributed by atoms with Gasteiger partial charge in [0.15, 0.2) is 0 Å². The van der Waals surface area contributed by atoms with E-state index >= 15 is 0 Å². The number of rotatable bonds is 8. The topological polar surface area (TPSA) is 79.5 Å². The molecule has 0 unspecified atom stereocenters. The van der Waals surface area contributed by atoms with Gasteiger partial charge in [-0.25, -0.2) is 9.18 Å². The van der Waals surface area contributed by atoms with Gasteiger partial charge in [0.2, 0.25) is 12.3 Å². The lowest BCUT2D eigenvalue weighted by molar-refractivity contribution is -0.132. The van der Waals surface area contributed by atoms with E-state index in [1.165, 1.54) is 30.3 Å². The van der Waals surface area contributed by atoms with E-state index in [1.54, 1.807) is 18.2 Å². The Morgan fingerprint density at radius 3 is 2.85 bits per heavy atom. The largest absolute Gasteiger partial charge is 0.478 e. The molecule has 2 heterocycles. The second-order valence-corrected chi connectivity index (χ2v) is 6.80. The average Bonchev–Trinajstić information content (AvgIpc) is 3.14. The van der Waals surface area contributed by atoms with Gasteiger partial charge in [0, 0.05) is 6.54 Å². The molecule has 1 N–H and O–H groups in total. The van der Waals surface area contributed by atoms with E-state index in [0.717, 1.165) is 24.2 Å². The van der Waals surface area contributed by atoms with E-state index in [4.69, 9.17) is 4.42 Å². The van der Waals surface area contributed by atoms with Gasteiger partial charge in [0.1, 0.15) is 5.82 Å². The van der Waals surface area contributed by atoms with Crippen molar-refractivity contribution in [2.45, 2.75) is 19.4 Å². The molecule has 0 saturated carbocycles. The summed E-state index contributed by atoms with van der Waals surface area (Å²) in [5.41, 5.74) is 1.33. The van der Waals surface area contributed by atoms with Gasteiger partial charge in [-0.3, -0.25) is 0 Å². The van der Waals surface area contributed by atoms with Crippen LogP contribution in [-0.2, 0) is 17.8 Å². The van der Waals surface area contributed by atoms with Crippen LogP contribution in [-0.4, -0.2) is 38.5 Å². The van der Waals surface area contributed by atoms with Crippen molar-refractivity contribution in [1.29, 1.82) is 0 Å². The molecule has 26 heavy (non-hydrogen) atoms. The van der Waals surface area contributed by atoms with Crippen molar-refractivity contribution >= 4 is 17.7 Å². The summed E-state index contributed by atoms with van der Waals surface area (Å²) < 4.78 is 18.1. The van der Waals surface area contributed by atoms with Crippen molar-refractivity contribution in [1.82, 2.24) is 15.1 Å². The number of aromatic nitrogens is 2. The smallest absolute Gasteiger partial charge is 0.338 e. The quantitative estimate of drug-likeness (QED) is 0.710. The molecule has 1 aliphatic heterocycles. The molecule has 0 atom stereocenters. The molecule has 1 aromatic carbocycles. The van der Waals surface area contributed by atoms with Gasteiger partial charge in [0.05, 0.1) is 17.1 Å². The van der Waals surface area contributed by atoms with Crippen LogP contribution in [0.2, 0.25) is 0 Å². The number of carboxylic acids is 1. The predicted molar refractivity (Wildman–Crippen MR) is 95.7 cm³/mol. The van der Waals surface area contributed by atoms with Crippen molar-refractivity contribution < 1.29 is 18.7 Å². The summed E-state index contributed by atoms with van der Waals surface area (Å²) in [6.07, 6.45) is 6.36. The fourth-order valence-electron chi connectivity index (χ4n) is 2.61. The molecule has 0 radical (unpaired) electrons. The molecule has 0 fully saturated rings. The zero-order valence-electron chi connectivity index (χ0n) is 14.0. The van der Waals surface area contributed by atoms with E-state index in [9.17, 15) is 14.3 Å². The van der Waals surface area contributed by atoms with Crippen LogP contribution in [0.1, 0.15) is 17.9 Å². The number of carbonyl (C=O) groups is 1. The molecular formula is C18H18FN3O3S. The van der Waals surface area contributed by atoms with Gasteiger partial charge in [-0.1, -0.05) is 18.2 Å². The Kier molecular flexibility index (Phi) is 6.06. The summed E-state index contributed by atoms with van der Waals surface area (Å²) in [7, 11) is 0. The zero-order valence-corrected chi connectivity index (χ0v) is 14.8. The monoisotopic (exact) mass is 375 g/mol. The Hall–Kier alpha value is -2.61. The summed E-state index contributed by atoms with van der Waals surface area (Å²) in [5, 5.41) is 17.7. The molecular weight excluding hydrogens is 357 g/mol. The first-order valence-corrected chi connectivity index (χ1v) is 9.13. The van der Waals surface area contributed by atoms with Crippen LogP contribution in [0.25, 0.3) is 0 Å². The number of carboxylic acid groups (broad SMARTS) is 1. The lowest BCUT2D eigenvalue weighted by Crippen LogP contribution is -2.27. The Morgan fingerprint density at radius 2 is 2.15 bits per heavy atom. The van der Waals surface area contributed by atoms with Gasteiger partial charge >= 0.3 is 5.97 Å². The van der Waals surface area contributed by atoms with E-state index in [2.05, 4.69) is 10.2 Å². The summed E-state index contributed by atoms with van der Waals surface area (Å²) >= 11 is 1.50. The first-order valence-electron chi connectivity index (χ1n) is 8.15. The molecule has 0 saturated heterocycles. The van der Waals surface area contributed by atoms with Crippen molar-refractivity contribution in [2.24, 2.45) is 0 Å². The van der Waals surface area contributed by atoms with Crippen LogP contribution >= 0.6 is 11.8 Å². The van der Waals surface area contributed by atoms with E-state index in [-0.39, 0.29) is 11.4 Å². The number of nitrogens with zero attached hydrogens (tertiary/aromatic N) is 3. The highest BCUT2D eigenvalue weighted by Crippen LogP contribution is 2.30. The SMILES string of the molecule is O=C(O)C1=C(SCCCc2ccc(F)cc2)N(Cc2nnco2)CC=C1. The van der Waals surface area contributed by atoms with Crippen LogP contribution in [0.15, 0.2) is 57.8 Å². The molecule has 2 aromatic rings. The standard InChI is InChI=1S/C18H18FN3O3S/c19-14-7-5-13(6-8-14)3-2-10-26-17-15(18(23)24)4-1-9-22(17)11-16-21-20-12-25-16/h1,4-8,12H,2-3,9-11H2,(H,23,24). The van der Waals surface area contributed by atoms with Gasteiger partial charge in [-0.15, -0.1) is 22.0 Å². The maximum Gasteiger partial charge on any atom is 0.338 e. The predicted octanol–water partition coefficient (Wildman–Crippen LogP) is 3.24. The second-order valence-electron chi connectivity index (χ2n) is 5.72. The van der Waals surface area contributed by atoms with E-state index in [1.807, 2.05) is 11.0 Å². The summed E-state index contributed by atoms with van der Waals surface area (Å²) in [4.78, 5) is 13.5. The Morgan fingerprint density at radius 1 is 1.35 bits per heavy atom. The molecule has 3 rings (SSSR count). The zero-order chi connectivity index (χ0) is 18.4. The highest BCUT2D eigenvalue weighted by Gasteiger charge is 2.22. The fraction of sp³-hybridized carbons (Fsp3) is 0.278.